The Bertz CT molecular complexity index is 993. The van der Waals surface area contributed by atoms with Crippen molar-refractivity contribution in [3.63, 3.8) is 0 Å². The third-order valence-electron chi connectivity index (χ3n) is 4.21. The fraction of sp³-hybridized carbons (Fsp3) is 0.320. The van der Waals surface area contributed by atoms with Crippen LogP contribution >= 0.6 is 11.8 Å². The van der Waals surface area contributed by atoms with Gasteiger partial charge >= 0.3 is 0 Å². The van der Waals surface area contributed by atoms with Gasteiger partial charge in [-0.25, -0.2) is 4.39 Å². The number of carbonyl (C=O) groups is 1. The van der Waals surface area contributed by atoms with Crippen molar-refractivity contribution in [2.45, 2.75) is 12.2 Å². The Hall–Kier alpha value is -3.17. The van der Waals surface area contributed by atoms with Crippen LogP contribution in [0.1, 0.15) is 12.3 Å². The molecule has 0 N–H and O–H groups in total. The largest absolute Gasteiger partial charge is 0.493 e. The minimum absolute atomic E-state index is 0.228. The van der Waals surface area contributed by atoms with Crippen molar-refractivity contribution < 1.29 is 23.1 Å². The van der Waals surface area contributed by atoms with Crippen LogP contribution in [-0.4, -0.2) is 61.0 Å². The maximum Gasteiger partial charge on any atom is 0.247 e. The van der Waals surface area contributed by atoms with Gasteiger partial charge in [-0.1, -0.05) is 24.8 Å². The van der Waals surface area contributed by atoms with Gasteiger partial charge in [0.1, 0.15) is 12.0 Å². The first-order chi connectivity index (χ1) is 16.5. The van der Waals surface area contributed by atoms with E-state index in [9.17, 15) is 4.39 Å². The zero-order valence-corrected chi connectivity index (χ0v) is 20.3. The molecule has 0 aliphatic rings. The normalized spacial score (nSPS) is 10.4. The fourth-order valence-electron chi connectivity index (χ4n) is 2.64. The van der Waals surface area contributed by atoms with Gasteiger partial charge in [-0.2, -0.15) is 0 Å². The van der Waals surface area contributed by atoms with E-state index in [4.69, 9.17) is 18.7 Å². The van der Waals surface area contributed by atoms with Crippen molar-refractivity contribution in [3.05, 3.63) is 72.9 Å². The third-order valence-corrected chi connectivity index (χ3v) is 5.12. The van der Waals surface area contributed by atoms with Crippen LogP contribution in [0.2, 0.25) is 0 Å². The molecule has 0 saturated heterocycles. The Morgan fingerprint density at radius 1 is 1.12 bits per heavy atom. The molecule has 3 rings (SSSR count). The van der Waals surface area contributed by atoms with E-state index < -0.39 is 5.82 Å². The van der Waals surface area contributed by atoms with E-state index in [1.54, 1.807) is 23.9 Å². The summed E-state index contributed by atoms with van der Waals surface area (Å²) in [5.41, 5.74) is 0.532. The highest BCUT2D eigenvalue weighted by Gasteiger charge is 2.12. The number of rotatable bonds is 13. The average molecular weight is 488 g/mol. The van der Waals surface area contributed by atoms with Crippen LogP contribution in [0.5, 0.6) is 11.5 Å². The predicted octanol–water partition coefficient (Wildman–Crippen LogP) is 4.89. The average Bonchev–Trinajstić information content (AvgIpc) is 3.32. The summed E-state index contributed by atoms with van der Waals surface area (Å²) in [5.74, 6) is 2.80. The Morgan fingerprint density at radius 2 is 1.88 bits per heavy atom. The van der Waals surface area contributed by atoms with Crippen molar-refractivity contribution in [2.24, 2.45) is 0 Å². The molecule has 0 unspecified atom stereocenters. The van der Waals surface area contributed by atoms with Crippen molar-refractivity contribution in [1.82, 2.24) is 15.1 Å². The summed E-state index contributed by atoms with van der Waals surface area (Å²) < 4.78 is 31.1. The van der Waals surface area contributed by atoms with Gasteiger partial charge < -0.3 is 18.8 Å². The van der Waals surface area contributed by atoms with E-state index in [-0.39, 0.29) is 5.75 Å². The number of hydrogen-bond donors (Lipinski definition) is 0. The van der Waals surface area contributed by atoms with Crippen molar-refractivity contribution in [1.29, 1.82) is 0 Å². The molecule has 0 aliphatic carbocycles. The molecule has 0 fully saturated rings. The lowest BCUT2D eigenvalue weighted by Crippen LogP contribution is -2.15. The zero-order chi connectivity index (χ0) is 24.6. The van der Waals surface area contributed by atoms with Gasteiger partial charge in [-0.15, -0.1) is 22.0 Å². The van der Waals surface area contributed by atoms with E-state index in [0.717, 1.165) is 24.5 Å². The number of aldehydes is 1. The molecule has 34 heavy (non-hydrogen) atoms. The van der Waals surface area contributed by atoms with Gasteiger partial charge in [0.2, 0.25) is 11.8 Å². The summed E-state index contributed by atoms with van der Waals surface area (Å²) >= 11 is 1.63. The highest BCUT2D eigenvalue weighted by Crippen LogP contribution is 2.26. The van der Waals surface area contributed by atoms with Crippen LogP contribution in [0.3, 0.4) is 0 Å². The van der Waals surface area contributed by atoms with Gasteiger partial charge in [0, 0.05) is 17.9 Å². The molecule has 0 aliphatic heterocycles. The first-order valence-electron chi connectivity index (χ1n) is 10.7. The van der Waals surface area contributed by atoms with Gasteiger partial charge in [-0.05, 0) is 56.9 Å². The highest BCUT2D eigenvalue weighted by atomic mass is 32.2. The number of hydrogen-bond acceptors (Lipinski definition) is 8. The summed E-state index contributed by atoms with van der Waals surface area (Å²) in [4.78, 5) is 11.1. The van der Waals surface area contributed by atoms with Crippen molar-refractivity contribution >= 4 is 18.0 Å². The number of thioether (sulfide) groups is 1. The summed E-state index contributed by atoms with van der Waals surface area (Å²) in [6.07, 6.45) is 2.66. The van der Waals surface area contributed by atoms with Gasteiger partial charge in [0.25, 0.3) is 0 Å². The monoisotopic (exact) mass is 487 g/mol. The van der Waals surface area contributed by atoms with Crippen molar-refractivity contribution in [2.75, 3.05) is 39.6 Å². The van der Waals surface area contributed by atoms with Crippen LogP contribution in [0.25, 0.3) is 11.5 Å². The van der Waals surface area contributed by atoms with E-state index in [1.807, 2.05) is 44.4 Å². The van der Waals surface area contributed by atoms with Crippen molar-refractivity contribution in [3.8, 4) is 23.0 Å². The van der Waals surface area contributed by atoms with Gasteiger partial charge in [-0.3, -0.25) is 4.79 Å². The molecule has 0 spiro atoms. The molecule has 0 radical (unpaired) electrons. The number of nitrogens with zero attached hydrogens (tertiary/aromatic N) is 3. The second kappa shape index (κ2) is 15.6. The third kappa shape index (κ3) is 10.2. The molecule has 3 aromatic rings. The zero-order valence-electron chi connectivity index (χ0n) is 19.5. The highest BCUT2D eigenvalue weighted by molar-refractivity contribution is 7.98. The number of benzene rings is 2. The number of para-hydroxylation sites is 1. The molecule has 182 valence electrons. The summed E-state index contributed by atoms with van der Waals surface area (Å²) in [6, 6.07) is 14.4. The first kappa shape index (κ1) is 27.1. The Kier molecular flexibility index (Phi) is 12.4. The molecular formula is C25H30FN3O4S. The van der Waals surface area contributed by atoms with Gasteiger partial charge in [0.15, 0.2) is 11.6 Å². The molecule has 1 heterocycles. The smallest absolute Gasteiger partial charge is 0.247 e. The minimum Gasteiger partial charge on any atom is -0.493 e. The summed E-state index contributed by atoms with van der Waals surface area (Å²) in [7, 11) is 3.98. The number of halogens is 1. The molecule has 9 heteroatoms. The second-order valence-electron chi connectivity index (χ2n) is 7.24. The molecule has 2 aromatic carbocycles. The Balaban J connectivity index is 0.000000945. The number of ether oxygens (including phenoxy) is 2. The van der Waals surface area contributed by atoms with Crippen LogP contribution < -0.4 is 9.47 Å². The first-order valence-corrected chi connectivity index (χ1v) is 11.9. The second-order valence-corrected chi connectivity index (χ2v) is 8.34. The maximum absolute atomic E-state index is 14.3. The van der Waals surface area contributed by atoms with Crippen LogP contribution in [0.15, 0.2) is 65.6 Å². The predicted molar refractivity (Wildman–Crippen MR) is 133 cm³/mol. The van der Waals surface area contributed by atoms with Gasteiger partial charge in [0.05, 0.1) is 19.0 Å². The quantitative estimate of drug-likeness (QED) is 0.192. The van der Waals surface area contributed by atoms with Crippen LogP contribution in [-0.2, 0) is 10.5 Å². The topological polar surface area (TPSA) is 77.7 Å². The Morgan fingerprint density at radius 3 is 2.56 bits per heavy atom. The maximum atomic E-state index is 14.3. The lowest BCUT2D eigenvalue weighted by Gasteiger charge is -2.11. The summed E-state index contributed by atoms with van der Waals surface area (Å²) in [6.45, 7) is 5.06. The fourth-order valence-corrected chi connectivity index (χ4v) is 3.27. The Labute approximate surface area is 204 Å². The molecule has 0 bridgehead atoms. The lowest BCUT2D eigenvalue weighted by atomic mass is 10.2. The van der Waals surface area contributed by atoms with Crippen LogP contribution in [0, 0.1) is 5.82 Å². The minimum atomic E-state index is -0.440. The van der Waals surface area contributed by atoms with E-state index >= 15 is 0 Å². The number of aromatic nitrogens is 2. The summed E-state index contributed by atoms with van der Waals surface area (Å²) in [5, 5.41) is 8.07. The molecule has 1 aromatic heterocycles. The molecule has 7 nitrogen and oxygen atoms in total. The SMILES string of the molecule is C=CC=O.CN(C)CCCOc1ccc(-c2nnc(CSCCOc3ccccc3)o2)cc1F. The van der Waals surface area contributed by atoms with Crippen LogP contribution in [0.4, 0.5) is 4.39 Å². The molecular weight excluding hydrogens is 457 g/mol. The molecule has 0 atom stereocenters. The lowest BCUT2D eigenvalue weighted by molar-refractivity contribution is -0.104. The van der Waals surface area contributed by atoms with E-state index in [2.05, 4.69) is 21.7 Å². The standard InChI is InChI=1S/C22H26FN3O3S.C3H4O/c1-26(2)11-6-12-28-20-10-9-17(15-19(20)23)22-25-24-21(29-22)16-30-14-13-27-18-7-4-3-5-8-18;1-2-3-4/h3-5,7-10,15H,6,11-14,16H2,1-2H3;2-3H,1H2. The number of carbonyl (C=O) groups excluding carboxylic acids is 1. The molecule has 0 amide bonds. The molecule has 0 saturated carbocycles. The van der Waals surface area contributed by atoms with E-state index in [0.29, 0.717) is 42.6 Å². The number of allylic oxidation sites excluding steroid dienone is 1. The van der Waals surface area contributed by atoms with E-state index in [1.165, 1.54) is 12.1 Å².